The molecule has 2 aromatic heterocycles. The van der Waals surface area contributed by atoms with Gasteiger partial charge in [0.2, 0.25) is 10.3 Å². The summed E-state index contributed by atoms with van der Waals surface area (Å²) in [7, 11) is 0. The molecular weight excluding hydrogens is 348 g/mol. The van der Waals surface area contributed by atoms with Crippen LogP contribution in [-0.4, -0.2) is 34.1 Å². The first kappa shape index (κ1) is 16.6. The Hall–Kier alpha value is -3.26. The number of amides is 1. The Kier molecular flexibility index (Phi) is 4.71. The lowest BCUT2D eigenvalue weighted by Crippen LogP contribution is -2.17. The molecule has 3 rings (SSSR count). The number of carbonyl (C=O) groups excluding carboxylic acids is 1. The molecule has 0 unspecified atom stereocenters. The van der Waals surface area contributed by atoms with E-state index in [2.05, 4.69) is 20.4 Å². The summed E-state index contributed by atoms with van der Waals surface area (Å²) in [4.78, 5) is 24.1. The highest BCUT2D eigenvalue weighted by molar-refractivity contribution is 7.19. The predicted octanol–water partition coefficient (Wildman–Crippen LogP) is 2.19. The van der Waals surface area contributed by atoms with Gasteiger partial charge in [-0.2, -0.15) is 5.26 Å². The zero-order chi connectivity index (χ0) is 17.8. The monoisotopic (exact) mass is 360 g/mol. The molecule has 2 aromatic rings. The van der Waals surface area contributed by atoms with Gasteiger partial charge in [0.1, 0.15) is 22.3 Å². The predicted molar refractivity (Wildman–Crippen MR) is 88.9 cm³/mol. The maximum Gasteiger partial charge on any atom is 0.433 e. The maximum atomic E-state index is 12.2. The van der Waals surface area contributed by atoms with Crippen LogP contribution in [0.4, 0.5) is 16.1 Å². The van der Waals surface area contributed by atoms with Crippen LogP contribution in [0.5, 0.6) is 0 Å². The highest BCUT2D eigenvalue weighted by Gasteiger charge is 2.19. The van der Waals surface area contributed by atoms with Crippen molar-refractivity contribution in [2.75, 3.05) is 23.3 Å². The summed E-state index contributed by atoms with van der Waals surface area (Å²) in [6.07, 6.45) is 3.32. The first-order valence-corrected chi connectivity index (χ1v) is 8.14. The van der Waals surface area contributed by atoms with Gasteiger partial charge in [0.05, 0.1) is 6.07 Å². The fourth-order valence-corrected chi connectivity index (χ4v) is 3.07. The van der Waals surface area contributed by atoms with Crippen molar-refractivity contribution in [3.8, 4) is 6.07 Å². The molecule has 1 aliphatic heterocycles. The molecule has 25 heavy (non-hydrogen) atoms. The van der Waals surface area contributed by atoms with Gasteiger partial charge < -0.3 is 9.32 Å². The number of nitrogens with one attached hydrogen (secondary N) is 1. The summed E-state index contributed by atoms with van der Waals surface area (Å²) in [5.41, 5.74) is -0.262. The van der Waals surface area contributed by atoms with Crippen molar-refractivity contribution in [2.45, 2.75) is 12.8 Å². The third-order valence-corrected chi connectivity index (χ3v) is 4.36. The van der Waals surface area contributed by atoms with Crippen LogP contribution in [0.1, 0.15) is 18.6 Å². The van der Waals surface area contributed by atoms with Gasteiger partial charge in [-0.15, -0.1) is 10.2 Å². The molecule has 3 heterocycles. The van der Waals surface area contributed by atoms with Gasteiger partial charge in [0.25, 0.3) is 5.91 Å². The molecule has 1 aliphatic rings. The summed E-state index contributed by atoms with van der Waals surface area (Å²) >= 11 is 1.22. The summed E-state index contributed by atoms with van der Waals surface area (Å²) in [5, 5.41) is 31.1. The normalized spacial score (nSPS) is 14.4. The second-order valence-electron chi connectivity index (χ2n) is 5.14. The average molecular weight is 360 g/mol. The first-order valence-electron chi connectivity index (χ1n) is 7.32. The minimum absolute atomic E-state index is 0.0356. The Morgan fingerprint density at radius 3 is 2.84 bits per heavy atom. The van der Waals surface area contributed by atoms with E-state index < -0.39 is 16.7 Å². The molecule has 0 radical (unpaired) electrons. The van der Waals surface area contributed by atoms with Crippen molar-refractivity contribution in [1.29, 1.82) is 5.26 Å². The van der Waals surface area contributed by atoms with E-state index in [0.29, 0.717) is 0 Å². The van der Waals surface area contributed by atoms with Crippen LogP contribution >= 0.6 is 11.3 Å². The number of hydrogen-bond donors (Lipinski definition) is 1. The zero-order valence-corrected chi connectivity index (χ0v) is 13.7. The van der Waals surface area contributed by atoms with Crippen molar-refractivity contribution >= 4 is 39.5 Å². The molecule has 1 saturated heterocycles. The van der Waals surface area contributed by atoms with E-state index in [-0.39, 0.29) is 16.5 Å². The SMILES string of the molecule is N#C/C(=C/c1ccc([N+](=O)[O-])o1)C(=O)Nc1nnc(N2CCCC2)s1. The third kappa shape index (κ3) is 3.81. The highest BCUT2D eigenvalue weighted by atomic mass is 32.1. The van der Waals surface area contributed by atoms with Crippen molar-refractivity contribution in [1.82, 2.24) is 10.2 Å². The molecule has 1 fully saturated rings. The van der Waals surface area contributed by atoms with Crippen LogP contribution in [0, 0.1) is 21.4 Å². The van der Waals surface area contributed by atoms with Crippen molar-refractivity contribution in [3.05, 3.63) is 33.6 Å². The van der Waals surface area contributed by atoms with Crippen LogP contribution in [0.25, 0.3) is 6.08 Å². The number of rotatable bonds is 5. The number of nitro groups is 1. The van der Waals surface area contributed by atoms with Gasteiger partial charge in [-0.25, -0.2) is 0 Å². The van der Waals surface area contributed by atoms with Crippen LogP contribution in [0.15, 0.2) is 22.1 Å². The number of furan rings is 1. The van der Waals surface area contributed by atoms with Gasteiger partial charge >= 0.3 is 5.88 Å². The Morgan fingerprint density at radius 1 is 1.44 bits per heavy atom. The maximum absolute atomic E-state index is 12.2. The van der Waals surface area contributed by atoms with Crippen LogP contribution < -0.4 is 10.2 Å². The molecular formula is C14H12N6O4S. The standard InChI is InChI=1S/C14H12N6O4S/c15-8-9(7-10-3-4-11(24-10)20(22)23)12(21)16-13-17-18-14(25-13)19-5-1-2-6-19/h3-4,7H,1-2,5-6H2,(H,16,17,21)/b9-7-. The van der Waals surface area contributed by atoms with Crippen LogP contribution in [0.3, 0.4) is 0 Å². The molecule has 1 N–H and O–H groups in total. The van der Waals surface area contributed by atoms with Crippen LogP contribution in [-0.2, 0) is 4.79 Å². The van der Waals surface area contributed by atoms with E-state index in [1.165, 1.54) is 17.4 Å². The Labute approximate surface area is 145 Å². The molecule has 0 aliphatic carbocycles. The van der Waals surface area contributed by atoms with Crippen molar-refractivity contribution < 1.29 is 14.1 Å². The average Bonchev–Trinajstić information content (AvgIpc) is 3.32. The van der Waals surface area contributed by atoms with Crippen LogP contribution in [0.2, 0.25) is 0 Å². The highest BCUT2D eigenvalue weighted by Crippen LogP contribution is 2.27. The Bertz CT molecular complexity index is 874. The fourth-order valence-electron chi connectivity index (χ4n) is 2.28. The van der Waals surface area contributed by atoms with E-state index in [4.69, 9.17) is 9.68 Å². The first-order chi connectivity index (χ1) is 12.1. The van der Waals surface area contributed by atoms with Gasteiger partial charge in [-0.05, 0) is 18.9 Å². The van der Waals surface area contributed by atoms with E-state index in [9.17, 15) is 14.9 Å². The minimum Gasteiger partial charge on any atom is -0.401 e. The quantitative estimate of drug-likeness (QED) is 0.370. The summed E-state index contributed by atoms with van der Waals surface area (Å²) in [6, 6.07) is 4.19. The molecule has 0 saturated carbocycles. The third-order valence-electron chi connectivity index (χ3n) is 3.46. The summed E-state index contributed by atoms with van der Waals surface area (Å²) in [5.74, 6) is -1.12. The van der Waals surface area contributed by atoms with E-state index in [1.807, 2.05) is 0 Å². The number of aromatic nitrogens is 2. The largest absolute Gasteiger partial charge is 0.433 e. The second-order valence-corrected chi connectivity index (χ2v) is 6.10. The van der Waals surface area contributed by atoms with Gasteiger partial charge in [-0.3, -0.25) is 20.2 Å². The second kappa shape index (κ2) is 7.10. The number of carbonyl (C=O) groups is 1. The van der Waals surface area contributed by atoms with Crippen molar-refractivity contribution in [3.63, 3.8) is 0 Å². The number of nitrogens with zero attached hydrogens (tertiary/aromatic N) is 5. The molecule has 11 heteroatoms. The van der Waals surface area contributed by atoms with Gasteiger partial charge in [0.15, 0.2) is 0 Å². The molecule has 10 nitrogen and oxygen atoms in total. The van der Waals surface area contributed by atoms with Gasteiger partial charge in [-0.1, -0.05) is 11.3 Å². The number of nitriles is 1. The summed E-state index contributed by atoms with van der Waals surface area (Å²) < 4.78 is 4.91. The van der Waals surface area contributed by atoms with Crippen molar-refractivity contribution in [2.24, 2.45) is 0 Å². The van der Waals surface area contributed by atoms with E-state index in [1.54, 1.807) is 6.07 Å². The lowest BCUT2D eigenvalue weighted by Gasteiger charge is -2.10. The molecule has 1 amide bonds. The molecule has 0 spiro atoms. The molecule has 0 atom stereocenters. The lowest BCUT2D eigenvalue weighted by atomic mass is 10.2. The molecule has 0 aromatic carbocycles. The van der Waals surface area contributed by atoms with Gasteiger partial charge in [0, 0.05) is 19.2 Å². The Balaban J connectivity index is 1.70. The Morgan fingerprint density at radius 2 is 2.20 bits per heavy atom. The molecule has 128 valence electrons. The molecule has 0 bridgehead atoms. The fraction of sp³-hybridized carbons (Fsp3) is 0.286. The number of anilines is 2. The smallest absolute Gasteiger partial charge is 0.401 e. The topological polar surface area (TPSA) is 138 Å². The van der Waals surface area contributed by atoms with E-state index >= 15 is 0 Å². The zero-order valence-electron chi connectivity index (χ0n) is 12.8. The lowest BCUT2D eigenvalue weighted by molar-refractivity contribution is -0.402. The number of hydrogen-bond acceptors (Lipinski definition) is 9. The minimum atomic E-state index is -0.704. The summed E-state index contributed by atoms with van der Waals surface area (Å²) in [6.45, 7) is 1.81. The van der Waals surface area contributed by atoms with E-state index in [0.717, 1.165) is 43.2 Å².